The fourth-order valence-electron chi connectivity index (χ4n) is 1.91. The Labute approximate surface area is 124 Å². The number of nitrogens with two attached hydrogens (primary N) is 1. The first-order chi connectivity index (χ1) is 10.2. The van der Waals surface area contributed by atoms with Crippen molar-refractivity contribution in [1.82, 2.24) is 9.13 Å². The number of aromatic nitrogens is 2. The van der Waals surface area contributed by atoms with Crippen LogP contribution in [0.25, 0.3) is 0 Å². The summed E-state index contributed by atoms with van der Waals surface area (Å²) < 4.78 is 8.93. The van der Waals surface area contributed by atoms with Crippen LogP contribution < -0.4 is 16.2 Å². The summed E-state index contributed by atoms with van der Waals surface area (Å²) in [5.74, 6) is 6.51. The van der Waals surface area contributed by atoms with Gasteiger partial charge < -0.3 is 10.5 Å². The van der Waals surface area contributed by atoms with Crippen molar-refractivity contribution >= 4 is 0 Å². The van der Waals surface area contributed by atoms with Gasteiger partial charge in [-0.05, 0) is 31.2 Å². The molecule has 5 nitrogen and oxygen atoms in total. The van der Waals surface area contributed by atoms with Crippen molar-refractivity contribution < 1.29 is 4.74 Å². The monoisotopic (exact) mass is 285 g/mol. The van der Waals surface area contributed by atoms with Gasteiger partial charge >= 0.3 is 5.69 Å². The minimum Gasteiger partial charge on any atom is -0.492 e. The molecule has 2 N–H and O–H groups in total. The summed E-state index contributed by atoms with van der Waals surface area (Å²) >= 11 is 0. The molecule has 21 heavy (non-hydrogen) atoms. The number of ether oxygens (including phenoxy) is 1. The zero-order valence-electron chi connectivity index (χ0n) is 12.1. The molecule has 0 spiro atoms. The Kier molecular flexibility index (Phi) is 5.24. The molecule has 5 heteroatoms. The highest BCUT2D eigenvalue weighted by atomic mass is 16.5. The maximum Gasteiger partial charge on any atom is 0.328 e. The van der Waals surface area contributed by atoms with Crippen LogP contribution in [0.2, 0.25) is 0 Å². The Morgan fingerprint density at radius 3 is 2.52 bits per heavy atom. The SMILES string of the molecule is CCn1ccn(CCOc2ccc(C#CCN)cc2)c1=O. The Morgan fingerprint density at radius 1 is 1.19 bits per heavy atom. The van der Waals surface area contributed by atoms with E-state index in [0.29, 0.717) is 26.2 Å². The molecule has 0 atom stereocenters. The van der Waals surface area contributed by atoms with Crippen LogP contribution in [-0.2, 0) is 13.1 Å². The van der Waals surface area contributed by atoms with Gasteiger partial charge in [-0.15, -0.1) is 0 Å². The first kappa shape index (κ1) is 14.9. The first-order valence-electron chi connectivity index (χ1n) is 6.92. The maximum absolute atomic E-state index is 11.8. The van der Waals surface area contributed by atoms with Gasteiger partial charge in [0.05, 0.1) is 13.1 Å². The summed E-state index contributed by atoms with van der Waals surface area (Å²) in [5, 5.41) is 0. The molecule has 0 radical (unpaired) electrons. The highest BCUT2D eigenvalue weighted by molar-refractivity contribution is 5.38. The van der Waals surface area contributed by atoms with Gasteiger partial charge in [0, 0.05) is 24.5 Å². The number of benzene rings is 1. The van der Waals surface area contributed by atoms with Crippen LogP contribution in [0.15, 0.2) is 41.5 Å². The molecule has 0 saturated heterocycles. The lowest BCUT2D eigenvalue weighted by atomic mass is 10.2. The first-order valence-corrected chi connectivity index (χ1v) is 6.92. The molecule has 1 aromatic heterocycles. The second-order valence-corrected chi connectivity index (χ2v) is 4.44. The molecule has 2 rings (SSSR count). The highest BCUT2D eigenvalue weighted by Crippen LogP contribution is 2.11. The fourth-order valence-corrected chi connectivity index (χ4v) is 1.91. The second-order valence-electron chi connectivity index (χ2n) is 4.44. The van der Waals surface area contributed by atoms with Crippen molar-refractivity contribution in [3.8, 4) is 17.6 Å². The van der Waals surface area contributed by atoms with E-state index < -0.39 is 0 Å². The number of hydrogen-bond donors (Lipinski definition) is 1. The summed E-state index contributed by atoms with van der Waals surface area (Å²) in [7, 11) is 0. The van der Waals surface area contributed by atoms with Crippen molar-refractivity contribution in [2.24, 2.45) is 5.73 Å². The van der Waals surface area contributed by atoms with Crippen LogP contribution in [0.3, 0.4) is 0 Å². The minimum absolute atomic E-state index is 0.00601. The molecule has 0 aliphatic carbocycles. The maximum atomic E-state index is 11.8. The average Bonchev–Trinajstić information content (AvgIpc) is 2.87. The van der Waals surface area contributed by atoms with Gasteiger partial charge in [0.1, 0.15) is 12.4 Å². The van der Waals surface area contributed by atoms with Gasteiger partial charge in [-0.1, -0.05) is 11.8 Å². The van der Waals surface area contributed by atoms with Crippen LogP contribution in [0, 0.1) is 11.8 Å². The quantitative estimate of drug-likeness (QED) is 0.836. The number of rotatable bonds is 5. The Balaban J connectivity index is 1.88. The lowest BCUT2D eigenvalue weighted by molar-refractivity contribution is 0.296. The number of hydrogen-bond acceptors (Lipinski definition) is 3. The average molecular weight is 285 g/mol. The van der Waals surface area contributed by atoms with E-state index in [2.05, 4.69) is 11.8 Å². The molecule has 0 amide bonds. The van der Waals surface area contributed by atoms with Crippen LogP contribution >= 0.6 is 0 Å². The molecule has 0 unspecified atom stereocenters. The second kappa shape index (κ2) is 7.36. The molecule has 0 saturated carbocycles. The lowest BCUT2D eigenvalue weighted by Crippen LogP contribution is -2.25. The summed E-state index contributed by atoms with van der Waals surface area (Å²) in [6, 6.07) is 7.50. The Morgan fingerprint density at radius 2 is 1.90 bits per heavy atom. The lowest BCUT2D eigenvalue weighted by Gasteiger charge is -2.06. The topological polar surface area (TPSA) is 62.2 Å². The number of aryl methyl sites for hydroxylation is 1. The van der Waals surface area contributed by atoms with Crippen LogP contribution in [0.1, 0.15) is 12.5 Å². The van der Waals surface area contributed by atoms with E-state index in [9.17, 15) is 4.79 Å². The van der Waals surface area contributed by atoms with E-state index in [1.165, 1.54) is 0 Å². The van der Waals surface area contributed by atoms with Crippen molar-refractivity contribution in [2.45, 2.75) is 20.0 Å². The summed E-state index contributed by atoms with van der Waals surface area (Å²) in [4.78, 5) is 11.8. The Hall–Kier alpha value is -2.45. The van der Waals surface area contributed by atoms with Gasteiger partial charge in [0.2, 0.25) is 0 Å². The van der Waals surface area contributed by atoms with Crippen molar-refractivity contribution in [3.63, 3.8) is 0 Å². The summed E-state index contributed by atoms with van der Waals surface area (Å²) in [5.41, 5.74) is 6.22. The third-order valence-electron chi connectivity index (χ3n) is 3.05. The van der Waals surface area contributed by atoms with E-state index >= 15 is 0 Å². The van der Waals surface area contributed by atoms with Gasteiger partial charge in [-0.2, -0.15) is 0 Å². The third kappa shape index (κ3) is 4.01. The highest BCUT2D eigenvalue weighted by Gasteiger charge is 2.01. The fraction of sp³-hybridized carbons (Fsp3) is 0.312. The molecule has 2 aromatic rings. The largest absolute Gasteiger partial charge is 0.492 e. The van der Waals surface area contributed by atoms with Crippen molar-refractivity contribution in [2.75, 3.05) is 13.2 Å². The van der Waals surface area contributed by atoms with E-state index in [4.69, 9.17) is 10.5 Å². The van der Waals surface area contributed by atoms with E-state index in [1.807, 2.05) is 31.2 Å². The molecular weight excluding hydrogens is 266 g/mol. The Bertz CT molecular complexity index is 687. The van der Waals surface area contributed by atoms with E-state index in [0.717, 1.165) is 11.3 Å². The number of nitrogens with zero attached hydrogens (tertiary/aromatic N) is 2. The normalized spacial score (nSPS) is 10.0. The molecular formula is C16H19N3O2. The van der Waals surface area contributed by atoms with Crippen LogP contribution in [0.5, 0.6) is 5.75 Å². The smallest absolute Gasteiger partial charge is 0.328 e. The van der Waals surface area contributed by atoms with Gasteiger partial charge in [0.25, 0.3) is 0 Å². The van der Waals surface area contributed by atoms with Crippen LogP contribution in [-0.4, -0.2) is 22.3 Å². The van der Waals surface area contributed by atoms with Crippen molar-refractivity contribution in [1.29, 1.82) is 0 Å². The molecule has 1 aromatic carbocycles. The predicted octanol–water partition coefficient (Wildman–Crippen LogP) is 1.06. The van der Waals surface area contributed by atoms with Gasteiger partial charge in [-0.25, -0.2) is 4.79 Å². The third-order valence-corrected chi connectivity index (χ3v) is 3.05. The zero-order valence-corrected chi connectivity index (χ0v) is 12.1. The molecule has 0 bridgehead atoms. The van der Waals surface area contributed by atoms with Crippen molar-refractivity contribution in [3.05, 3.63) is 52.7 Å². The van der Waals surface area contributed by atoms with E-state index in [-0.39, 0.29) is 5.69 Å². The summed E-state index contributed by atoms with van der Waals surface area (Å²) in [6.07, 6.45) is 3.56. The molecule has 1 heterocycles. The summed E-state index contributed by atoms with van der Waals surface area (Å²) in [6.45, 7) is 3.95. The standard InChI is InChI=1S/C16H19N3O2/c1-2-18-10-11-19(16(18)20)12-13-21-15-7-5-14(6-8-15)4-3-9-17/h5-8,10-11H,2,9,12-13,17H2,1H3. The minimum atomic E-state index is -0.00601. The molecule has 110 valence electrons. The van der Waals surface area contributed by atoms with Crippen LogP contribution in [0.4, 0.5) is 0 Å². The van der Waals surface area contributed by atoms with E-state index in [1.54, 1.807) is 21.5 Å². The zero-order chi connectivity index (χ0) is 15.1. The number of imidazole rings is 1. The molecule has 0 aliphatic rings. The van der Waals surface area contributed by atoms with Gasteiger partial charge in [-0.3, -0.25) is 9.13 Å². The molecule has 0 aliphatic heterocycles. The molecule has 0 fully saturated rings. The predicted molar refractivity (Wildman–Crippen MR) is 82.2 cm³/mol. The van der Waals surface area contributed by atoms with Gasteiger partial charge in [0.15, 0.2) is 0 Å².